The van der Waals surface area contributed by atoms with Crippen molar-refractivity contribution in [1.82, 2.24) is 0 Å². The van der Waals surface area contributed by atoms with E-state index >= 15 is 0 Å². The zero-order valence-electron chi connectivity index (χ0n) is 8.24. The van der Waals surface area contributed by atoms with Gasteiger partial charge in [-0.25, -0.2) is 0 Å². The Hall–Kier alpha value is -0.680. The van der Waals surface area contributed by atoms with Gasteiger partial charge in [-0.1, -0.05) is 31.9 Å². The van der Waals surface area contributed by atoms with E-state index in [0.717, 1.165) is 17.5 Å². The fourth-order valence-corrected chi connectivity index (χ4v) is 2.28. The number of hydrogen-bond acceptors (Lipinski definition) is 3. The molecule has 1 atom stereocenters. The van der Waals surface area contributed by atoms with Crippen molar-refractivity contribution in [3.05, 3.63) is 29.3 Å². The summed E-state index contributed by atoms with van der Waals surface area (Å²) in [5.41, 5.74) is 2.60. The number of alkyl halides is 2. The number of rotatable bonds is 3. The number of carbonyl (C=O) groups is 2. The van der Waals surface area contributed by atoms with Crippen LogP contribution in [-0.4, -0.2) is 21.8 Å². The topological polar surface area (TPSA) is 46.2 Å². The van der Waals surface area contributed by atoms with Crippen molar-refractivity contribution in [2.75, 3.05) is 5.32 Å². The number of aldehydes is 1. The molecule has 1 aliphatic heterocycles. The molecule has 1 aliphatic rings. The third kappa shape index (κ3) is 2.20. The molecule has 0 saturated carbocycles. The van der Waals surface area contributed by atoms with Crippen LogP contribution in [0.3, 0.4) is 0 Å². The summed E-state index contributed by atoms with van der Waals surface area (Å²) in [6.45, 7) is 0. The number of carbonyl (C=O) groups excluding carboxylic acids is 2. The van der Waals surface area contributed by atoms with E-state index in [1.165, 1.54) is 0 Å². The second-order valence-electron chi connectivity index (χ2n) is 3.63. The Bertz CT molecular complexity index is 446. The first-order valence-electron chi connectivity index (χ1n) is 4.79. The van der Waals surface area contributed by atoms with Gasteiger partial charge in [-0.15, -0.1) is 0 Å². The van der Waals surface area contributed by atoms with E-state index < -0.39 is 0 Å². The Morgan fingerprint density at radius 2 is 2.25 bits per heavy atom. The molecule has 2 rings (SSSR count). The van der Waals surface area contributed by atoms with Gasteiger partial charge in [-0.3, -0.25) is 4.79 Å². The lowest BCUT2D eigenvalue weighted by atomic mass is 10.0. The summed E-state index contributed by atoms with van der Waals surface area (Å²) in [5, 5.41) is 3.08. The molecule has 0 aromatic heterocycles. The van der Waals surface area contributed by atoms with Gasteiger partial charge in [-0.05, 0) is 23.8 Å². The van der Waals surface area contributed by atoms with Crippen LogP contribution in [-0.2, 0) is 11.2 Å². The van der Waals surface area contributed by atoms with E-state index in [-0.39, 0.29) is 15.6 Å². The molecule has 84 valence electrons. The maximum absolute atomic E-state index is 11.7. The molecule has 1 unspecified atom stereocenters. The van der Waals surface area contributed by atoms with Crippen molar-refractivity contribution >= 4 is 49.6 Å². The molecule has 16 heavy (non-hydrogen) atoms. The number of halogens is 2. The second-order valence-corrected chi connectivity index (χ2v) is 6.69. The number of hydrogen-bond donors (Lipinski definition) is 1. The SMILES string of the molecule is O=CC1Cc2cc(C(=O)C(Br)Br)ccc2N1. The number of ketones is 1. The predicted molar refractivity (Wildman–Crippen MR) is 69.6 cm³/mol. The third-order valence-electron chi connectivity index (χ3n) is 2.53. The lowest BCUT2D eigenvalue weighted by molar-refractivity contribution is -0.108. The van der Waals surface area contributed by atoms with Crippen molar-refractivity contribution in [3.8, 4) is 0 Å². The van der Waals surface area contributed by atoms with Crippen LogP contribution in [0.15, 0.2) is 18.2 Å². The Labute approximate surface area is 110 Å². The highest BCUT2D eigenvalue weighted by Crippen LogP contribution is 2.27. The van der Waals surface area contributed by atoms with Crippen LogP contribution >= 0.6 is 31.9 Å². The van der Waals surface area contributed by atoms with Crippen molar-refractivity contribution in [2.45, 2.75) is 16.2 Å². The standard InChI is InChI=1S/C11H9Br2NO2/c12-11(13)10(16)6-1-2-9-7(3-6)4-8(5-15)14-9/h1-3,5,8,11,14H,4H2. The van der Waals surface area contributed by atoms with E-state index in [4.69, 9.17) is 0 Å². The number of Topliss-reactive ketones (excluding diaryl/α,β-unsaturated/α-hetero) is 1. The Kier molecular flexibility index (Phi) is 3.44. The predicted octanol–water partition coefficient (Wildman–Crippen LogP) is 2.52. The molecule has 0 aliphatic carbocycles. The zero-order chi connectivity index (χ0) is 11.7. The molecular weight excluding hydrogens is 338 g/mol. The summed E-state index contributed by atoms with van der Waals surface area (Å²) in [6, 6.07) is 5.28. The van der Waals surface area contributed by atoms with Crippen molar-refractivity contribution in [2.24, 2.45) is 0 Å². The summed E-state index contributed by atoms with van der Waals surface area (Å²) in [4.78, 5) is 22.4. The first kappa shape index (κ1) is 11.8. The summed E-state index contributed by atoms with van der Waals surface area (Å²) < 4.78 is -0.366. The van der Waals surface area contributed by atoms with Gasteiger partial charge in [0.15, 0.2) is 5.78 Å². The minimum Gasteiger partial charge on any atom is -0.375 e. The Balaban J connectivity index is 2.29. The van der Waals surface area contributed by atoms with Gasteiger partial charge < -0.3 is 10.1 Å². The third-order valence-corrected chi connectivity index (χ3v) is 3.36. The van der Waals surface area contributed by atoms with Crippen LogP contribution in [0.25, 0.3) is 0 Å². The van der Waals surface area contributed by atoms with E-state index in [2.05, 4.69) is 37.2 Å². The molecule has 5 heteroatoms. The summed E-state index contributed by atoms with van der Waals surface area (Å²) in [7, 11) is 0. The maximum Gasteiger partial charge on any atom is 0.187 e. The molecule has 0 bridgehead atoms. The molecule has 1 heterocycles. The minimum absolute atomic E-state index is 0.0163. The van der Waals surface area contributed by atoms with Crippen molar-refractivity contribution in [3.63, 3.8) is 0 Å². The van der Waals surface area contributed by atoms with Crippen LogP contribution < -0.4 is 5.32 Å². The number of benzene rings is 1. The molecule has 0 radical (unpaired) electrons. The first-order valence-corrected chi connectivity index (χ1v) is 6.62. The molecule has 3 nitrogen and oxygen atoms in total. The summed E-state index contributed by atoms with van der Waals surface area (Å²) >= 11 is 6.36. The van der Waals surface area contributed by atoms with Gasteiger partial charge >= 0.3 is 0 Å². The fraction of sp³-hybridized carbons (Fsp3) is 0.273. The van der Waals surface area contributed by atoms with Gasteiger partial charge in [0.25, 0.3) is 0 Å². The highest BCUT2D eigenvalue weighted by Gasteiger charge is 2.22. The lowest BCUT2D eigenvalue weighted by Crippen LogP contribution is -2.15. The minimum atomic E-state index is -0.366. The highest BCUT2D eigenvalue weighted by atomic mass is 79.9. The lowest BCUT2D eigenvalue weighted by Gasteiger charge is -2.04. The number of fused-ring (bicyclic) bond motifs is 1. The molecule has 1 aromatic carbocycles. The zero-order valence-corrected chi connectivity index (χ0v) is 11.4. The van der Waals surface area contributed by atoms with Crippen LogP contribution in [0, 0.1) is 0 Å². The summed E-state index contributed by atoms with van der Waals surface area (Å²) in [5.74, 6) is -0.0163. The summed E-state index contributed by atoms with van der Waals surface area (Å²) in [6.07, 6.45) is 1.54. The average Bonchev–Trinajstić information content (AvgIpc) is 2.69. The highest BCUT2D eigenvalue weighted by molar-refractivity contribution is 9.25. The molecule has 1 N–H and O–H groups in total. The van der Waals surface area contributed by atoms with Crippen LogP contribution in [0.4, 0.5) is 5.69 Å². The van der Waals surface area contributed by atoms with Crippen LogP contribution in [0.5, 0.6) is 0 Å². The first-order chi connectivity index (χ1) is 7.61. The average molecular weight is 347 g/mol. The van der Waals surface area contributed by atoms with Gasteiger partial charge in [-0.2, -0.15) is 0 Å². The monoisotopic (exact) mass is 345 g/mol. The van der Waals surface area contributed by atoms with Gasteiger partial charge in [0.2, 0.25) is 0 Å². The molecule has 0 fully saturated rings. The molecule has 1 aromatic rings. The quantitative estimate of drug-likeness (QED) is 0.519. The van der Waals surface area contributed by atoms with E-state index in [1.54, 1.807) is 6.07 Å². The Morgan fingerprint density at radius 1 is 1.50 bits per heavy atom. The molecule has 0 spiro atoms. The van der Waals surface area contributed by atoms with Gasteiger partial charge in [0, 0.05) is 17.7 Å². The van der Waals surface area contributed by atoms with Crippen molar-refractivity contribution < 1.29 is 9.59 Å². The second kappa shape index (κ2) is 4.67. The smallest absolute Gasteiger partial charge is 0.187 e. The molecule has 0 saturated heterocycles. The van der Waals surface area contributed by atoms with Gasteiger partial charge in [0.1, 0.15) is 10.0 Å². The van der Waals surface area contributed by atoms with Crippen molar-refractivity contribution in [1.29, 1.82) is 0 Å². The van der Waals surface area contributed by atoms with E-state index in [0.29, 0.717) is 12.0 Å². The van der Waals surface area contributed by atoms with E-state index in [1.807, 2.05) is 12.1 Å². The fourth-order valence-electron chi connectivity index (χ4n) is 1.75. The Morgan fingerprint density at radius 3 is 2.88 bits per heavy atom. The number of nitrogens with one attached hydrogen (secondary N) is 1. The van der Waals surface area contributed by atoms with E-state index in [9.17, 15) is 9.59 Å². The van der Waals surface area contributed by atoms with Crippen LogP contribution in [0.2, 0.25) is 0 Å². The number of anilines is 1. The molecule has 0 amide bonds. The molecular formula is C11H9Br2NO2. The normalized spacial score (nSPS) is 18.1. The maximum atomic E-state index is 11.7. The van der Waals surface area contributed by atoms with Gasteiger partial charge in [0.05, 0.1) is 6.04 Å². The van der Waals surface area contributed by atoms with Crippen LogP contribution in [0.1, 0.15) is 15.9 Å². The largest absolute Gasteiger partial charge is 0.375 e.